The van der Waals surface area contributed by atoms with Gasteiger partial charge in [0.2, 0.25) is 11.8 Å². The molecule has 0 bridgehead atoms. The summed E-state index contributed by atoms with van der Waals surface area (Å²) in [5.74, 6) is 1.17. The van der Waals surface area contributed by atoms with E-state index in [1.165, 1.54) is 10.9 Å². The summed E-state index contributed by atoms with van der Waals surface area (Å²) in [6, 6.07) is 2.52. The molecule has 1 saturated heterocycles. The molecule has 150 valence electrons. The quantitative estimate of drug-likeness (QED) is 0.763. The Kier molecular flexibility index (Phi) is 5.52. The van der Waals surface area contributed by atoms with E-state index in [1.54, 1.807) is 7.05 Å². The van der Waals surface area contributed by atoms with E-state index < -0.39 is 0 Å². The van der Waals surface area contributed by atoms with Crippen LogP contribution < -0.4 is 15.3 Å². The Labute approximate surface area is 164 Å². The molecule has 1 saturated carbocycles. The topological polar surface area (TPSA) is 89.3 Å². The fraction of sp³-hybridized carbons (Fsp3) is 0.632. The van der Waals surface area contributed by atoms with Gasteiger partial charge in [0.05, 0.1) is 0 Å². The van der Waals surface area contributed by atoms with Crippen LogP contribution in [0.5, 0.6) is 5.88 Å². The van der Waals surface area contributed by atoms with Crippen molar-refractivity contribution in [3.8, 4) is 5.88 Å². The molecule has 1 aliphatic carbocycles. The molecule has 0 aromatic carbocycles. The predicted molar refractivity (Wildman–Crippen MR) is 105 cm³/mol. The Bertz CT molecular complexity index is 855. The summed E-state index contributed by atoms with van der Waals surface area (Å²) in [7, 11) is 1.58. The van der Waals surface area contributed by atoms with Gasteiger partial charge in [-0.15, -0.1) is 0 Å². The highest BCUT2D eigenvalue weighted by Crippen LogP contribution is 2.27. The Morgan fingerprint density at radius 3 is 2.50 bits per heavy atom. The van der Waals surface area contributed by atoms with Crippen LogP contribution in [0.1, 0.15) is 31.4 Å². The first-order valence-corrected chi connectivity index (χ1v) is 9.94. The molecule has 0 spiro atoms. The SMILES string of the molecule is Cc1ccnc(N2CCN([C@H]3CC[C@H](Oc4cnn(C)c(=O)n4)CC3)CC2)n1. The van der Waals surface area contributed by atoms with Crippen molar-refractivity contribution in [3.05, 3.63) is 34.6 Å². The Morgan fingerprint density at radius 2 is 1.82 bits per heavy atom. The van der Waals surface area contributed by atoms with Crippen molar-refractivity contribution in [2.45, 2.75) is 44.8 Å². The van der Waals surface area contributed by atoms with E-state index in [2.05, 4.69) is 29.9 Å². The number of aryl methyl sites for hydroxylation is 2. The average Bonchev–Trinajstić information content (AvgIpc) is 2.72. The highest BCUT2D eigenvalue weighted by molar-refractivity contribution is 5.30. The highest BCUT2D eigenvalue weighted by Gasteiger charge is 2.29. The van der Waals surface area contributed by atoms with Gasteiger partial charge in [0.25, 0.3) is 0 Å². The largest absolute Gasteiger partial charge is 0.473 e. The van der Waals surface area contributed by atoms with Crippen molar-refractivity contribution in [3.63, 3.8) is 0 Å². The van der Waals surface area contributed by atoms with E-state index in [1.807, 2.05) is 19.2 Å². The van der Waals surface area contributed by atoms with Crippen molar-refractivity contribution < 1.29 is 4.74 Å². The fourth-order valence-corrected chi connectivity index (χ4v) is 4.01. The Balaban J connectivity index is 1.25. The predicted octanol–water partition coefficient (Wildman–Crippen LogP) is 0.786. The lowest BCUT2D eigenvalue weighted by atomic mass is 9.91. The number of piperazine rings is 1. The summed E-state index contributed by atoms with van der Waals surface area (Å²) in [5.41, 5.74) is 0.619. The van der Waals surface area contributed by atoms with Gasteiger partial charge in [-0.3, -0.25) is 4.90 Å². The lowest BCUT2D eigenvalue weighted by Gasteiger charge is -2.41. The highest BCUT2D eigenvalue weighted by atomic mass is 16.5. The summed E-state index contributed by atoms with van der Waals surface area (Å²) in [4.78, 5) is 29.3. The summed E-state index contributed by atoms with van der Waals surface area (Å²) >= 11 is 0. The maximum atomic E-state index is 11.6. The van der Waals surface area contributed by atoms with E-state index in [4.69, 9.17) is 4.74 Å². The first kappa shape index (κ1) is 18.8. The maximum absolute atomic E-state index is 11.6. The molecule has 2 aromatic rings. The third-order valence-corrected chi connectivity index (χ3v) is 5.65. The molecule has 2 aliphatic rings. The Hall–Kier alpha value is -2.55. The van der Waals surface area contributed by atoms with Gasteiger partial charge >= 0.3 is 5.69 Å². The minimum Gasteiger partial charge on any atom is -0.473 e. The minimum atomic E-state index is -0.387. The number of hydrogen-bond acceptors (Lipinski definition) is 8. The number of nitrogens with zero attached hydrogens (tertiary/aromatic N) is 7. The smallest absolute Gasteiger partial charge is 0.367 e. The second-order valence-electron chi connectivity index (χ2n) is 7.57. The van der Waals surface area contributed by atoms with Gasteiger partial charge in [-0.2, -0.15) is 10.1 Å². The number of anilines is 1. The lowest BCUT2D eigenvalue weighted by Crippen LogP contribution is -2.52. The first-order chi connectivity index (χ1) is 13.6. The molecule has 0 amide bonds. The summed E-state index contributed by atoms with van der Waals surface area (Å²) in [6.45, 7) is 5.99. The normalized spacial score (nSPS) is 23.6. The van der Waals surface area contributed by atoms with Gasteiger partial charge in [-0.05, 0) is 38.7 Å². The monoisotopic (exact) mass is 385 g/mol. The third kappa shape index (κ3) is 4.30. The molecule has 0 radical (unpaired) electrons. The van der Waals surface area contributed by atoms with Gasteiger partial charge in [0.15, 0.2) is 0 Å². The van der Waals surface area contributed by atoms with Crippen LogP contribution in [-0.4, -0.2) is 68.0 Å². The standard InChI is InChI=1S/C19H27N7O2/c1-14-7-8-20-18(22-14)26-11-9-25(10-12-26)15-3-5-16(6-4-15)28-17-13-21-24(2)19(27)23-17/h7-8,13,15-16H,3-6,9-12H2,1-2H3/t15-,16-. The molecule has 9 heteroatoms. The van der Waals surface area contributed by atoms with Crippen LogP contribution in [-0.2, 0) is 7.05 Å². The van der Waals surface area contributed by atoms with Gasteiger partial charge in [-0.1, -0.05) is 0 Å². The van der Waals surface area contributed by atoms with Crippen LogP contribution >= 0.6 is 0 Å². The molecule has 4 rings (SSSR count). The van der Waals surface area contributed by atoms with Crippen LogP contribution in [0.25, 0.3) is 0 Å². The van der Waals surface area contributed by atoms with E-state index in [9.17, 15) is 4.79 Å². The zero-order valence-electron chi connectivity index (χ0n) is 16.5. The van der Waals surface area contributed by atoms with Gasteiger partial charge in [0, 0.05) is 51.2 Å². The molecule has 1 aliphatic heterocycles. The molecule has 0 atom stereocenters. The van der Waals surface area contributed by atoms with Crippen LogP contribution in [0.3, 0.4) is 0 Å². The zero-order valence-corrected chi connectivity index (χ0v) is 16.5. The van der Waals surface area contributed by atoms with E-state index >= 15 is 0 Å². The summed E-state index contributed by atoms with van der Waals surface area (Å²) in [5, 5.41) is 3.96. The second kappa shape index (κ2) is 8.22. The molecule has 0 N–H and O–H groups in total. The van der Waals surface area contributed by atoms with Gasteiger partial charge in [-0.25, -0.2) is 19.4 Å². The zero-order chi connectivity index (χ0) is 19.5. The van der Waals surface area contributed by atoms with Gasteiger partial charge < -0.3 is 9.64 Å². The minimum absolute atomic E-state index is 0.111. The van der Waals surface area contributed by atoms with E-state index in [0.29, 0.717) is 11.9 Å². The van der Waals surface area contributed by atoms with Crippen LogP contribution in [0.15, 0.2) is 23.3 Å². The molecular weight excluding hydrogens is 358 g/mol. The molecule has 2 fully saturated rings. The van der Waals surface area contributed by atoms with E-state index in [0.717, 1.165) is 63.5 Å². The van der Waals surface area contributed by atoms with Crippen LogP contribution in [0, 0.1) is 6.92 Å². The summed E-state index contributed by atoms with van der Waals surface area (Å²) < 4.78 is 7.08. The van der Waals surface area contributed by atoms with Crippen molar-refractivity contribution in [1.29, 1.82) is 0 Å². The molecule has 0 unspecified atom stereocenters. The fourth-order valence-electron chi connectivity index (χ4n) is 4.01. The second-order valence-corrected chi connectivity index (χ2v) is 7.57. The van der Waals surface area contributed by atoms with Gasteiger partial charge in [0.1, 0.15) is 12.3 Å². The summed E-state index contributed by atoms with van der Waals surface area (Å²) in [6.07, 6.45) is 7.61. The maximum Gasteiger partial charge on any atom is 0.367 e. The number of ether oxygens (including phenoxy) is 1. The number of aromatic nitrogens is 5. The molecule has 2 aromatic heterocycles. The average molecular weight is 385 g/mol. The Morgan fingerprint density at radius 1 is 1.07 bits per heavy atom. The molecule has 28 heavy (non-hydrogen) atoms. The molecular formula is C19H27N7O2. The lowest BCUT2D eigenvalue weighted by molar-refractivity contribution is 0.0811. The van der Waals surface area contributed by atoms with Crippen LogP contribution in [0.2, 0.25) is 0 Å². The molecule has 9 nitrogen and oxygen atoms in total. The third-order valence-electron chi connectivity index (χ3n) is 5.65. The number of hydrogen-bond donors (Lipinski definition) is 0. The van der Waals surface area contributed by atoms with E-state index in [-0.39, 0.29) is 11.8 Å². The number of rotatable bonds is 4. The molecule has 3 heterocycles. The van der Waals surface area contributed by atoms with Crippen LogP contribution in [0.4, 0.5) is 5.95 Å². The van der Waals surface area contributed by atoms with Crippen molar-refractivity contribution in [1.82, 2.24) is 29.6 Å². The van der Waals surface area contributed by atoms with Crippen molar-refractivity contribution >= 4 is 5.95 Å². The first-order valence-electron chi connectivity index (χ1n) is 9.94. The van der Waals surface area contributed by atoms with Crippen molar-refractivity contribution in [2.75, 3.05) is 31.1 Å². The van der Waals surface area contributed by atoms with Crippen molar-refractivity contribution in [2.24, 2.45) is 7.05 Å².